The van der Waals surface area contributed by atoms with Gasteiger partial charge >= 0.3 is 16.2 Å². The van der Waals surface area contributed by atoms with Gasteiger partial charge in [0.2, 0.25) is 5.89 Å². The molecule has 1 aliphatic rings. The first-order valence-corrected chi connectivity index (χ1v) is 15.4. The number of aryl methyl sites for hydroxylation is 1. The van der Waals surface area contributed by atoms with Crippen LogP contribution in [-0.4, -0.2) is 50.0 Å². The predicted molar refractivity (Wildman–Crippen MR) is 154 cm³/mol. The molecule has 0 radical (unpaired) electrons. The van der Waals surface area contributed by atoms with Crippen LogP contribution in [0.5, 0.6) is 5.75 Å². The third-order valence-electron chi connectivity index (χ3n) is 6.57. The first-order valence-electron chi connectivity index (χ1n) is 13.1. The molecule has 0 saturated heterocycles. The van der Waals surface area contributed by atoms with Crippen LogP contribution in [0, 0.1) is 6.92 Å². The number of anilines is 1. The number of fused-ring (bicyclic) bond motifs is 1. The Hall–Kier alpha value is -3.67. The molecule has 0 aliphatic carbocycles. The molecule has 0 spiro atoms. The fourth-order valence-corrected chi connectivity index (χ4v) is 6.84. The van der Waals surface area contributed by atoms with E-state index in [2.05, 4.69) is 4.98 Å². The van der Waals surface area contributed by atoms with Gasteiger partial charge in [0.05, 0.1) is 29.5 Å². The van der Waals surface area contributed by atoms with Gasteiger partial charge in [-0.3, -0.25) is 9.10 Å². The number of hydrogen-bond donors (Lipinski definition) is 0. The number of para-hydroxylation sites is 1. The minimum atomic E-state index is -3.98. The Morgan fingerprint density at radius 2 is 1.93 bits per heavy atom. The van der Waals surface area contributed by atoms with Crippen LogP contribution >= 0.6 is 11.3 Å². The molecular formula is C29H31N3O6S2. The number of rotatable bonds is 12. The third-order valence-corrected chi connectivity index (χ3v) is 9.28. The first kappa shape index (κ1) is 27.9. The highest BCUT2D eigenvalue weighted by molar-refractivity contribution is 7.90. The van der Waals surface area contributed by atoms with Gasteiger partial charge in [-0.2, -0.15) is 12.7 Å². The van der Waals surface area contributed by atoms with Gasteiger partial charge in [0, 0.05) is 19.5 Å². The molecule has 0 unspecified atom stereocenters. The van der Waals surface area contributed by atoms with E-state index in [1.165, 1.54) is 8.61 Å². The summed E-state index contributed by atoms with van der Waals surface area (Å²) in [6.07, 6.45) is 1.21. The molecule has 4 aromatic rings. The molecule has 1 aliphatic heterocycles. The topological polar surface area (TPSA) is 102 Å². The summed E-state index contributed by atoms with van der Waals surface area (Å²) in [7, 11) is -3.98. The fourth-order valence-electron chi connectivity index (χ4n) is 4.58. The third kappa shape index (κ3) is 6.22. The standard InChI is InChI=1S/C29H31N3O6S2/c1-3-36-28(33)20-31(40(34,35)32-16-14-23-7-4-5-8-26(23)32)19-22-10-12-24(13-11-22)37-17-15-25-21(2)38-29(30-25)27-9-6-18-39-27/h4-13,18H,3,14-17,19-20H2,1-2H3. The number of nitrogens with zero attached hydrogens (tertiary/aromatic N) is 3. The molecule has 0 saturated carbocycles. The van der Waals surface area contributed by atoms with Crippen LogP contribution in [0.2, 0.25) is 0 Å². The maximum absolute atomic E-state index is 13.7. The van der Waals surface area contributed by atoms with Crippen molar-refractivity contribution in [1.82, 2.24) is 9.29 Å². The Morgan fingerprint density at radius 1 is 1.12 bits per heavy atom. The molecule has 0 atom stereocenters. The Morgan fingerprint density at radius 3 is 2.67 bits per heavy atom. The molecule has 2 aromatic carbocycles. The minimum absolute atomic E-state index is 0.0176. The second kappa shape index (κ2) is 12.2. The average Bonchev–Trinajstić information content (AvgIpc) is 3.70. The van der Waals surface area contributed by atoms with Crippen LogP contribution in [0.15, 0.2) is 70.5 Å². The van der Waals surface area contributed by atoms with Crippen molar-refractivity contribution >= 4 is 33.2 Å². The van der Waals surface area contributed by atoms with Crippen molar-refractivity contribution < 1.29 is 27.1 Å². The van der Waals surface area contributed by atoms with E-state index >= 15 is 0 Å². The van der Waals surface area contributed by atoms with Crippen LogP contribution in [-0.2, 0) is 39.1 Å². The maximum atomic E-state index is 13.7. The zero-order chi connectivity index (χ0) is 28.1. The molecular weight excluding hydrogens is 550 g/mol. The molecule has 0 amide bonds. The van der Waals surface area contributed by atoms with E-state index in [1.807, 2.05) is 42.6 Å². The summed E-state index contributed by atoms with van der Waals surface area (Å²) in [5, 5.41) is 1.98. The van der Waals surface area contributed by atoms with Crippen LogP contribution in [0.3, 0.4) is 0 Å². The van der Waals surface area contributed by atoms with Gasteiger partial charge in [-0.15, -0.1) is 11.3 Å². The molecule has 3 heterocycles. The number of hydrogen-bond acceptors (Lipinski definition) is 8. The Bertz CT molecular complexity index is 1550. The fraction of sp³-hybridized carbons (Fsp3) is 0.310. The molecule has 2 aromatic heterocycles. The van der Waals surface area contributed by atoms with Gasteiger partial charge in [-0.05, 0) is 61.0 Å². The Balaban J connectivity index is 1.24. The summed E-state index contributed by atoms with van der Waals surface area (Å²) < 4.78 is 46.7. The zero-order valence-electron chi connectivity index (χ0n) is 22.4. The highest BCUT2D eigenvalue weighted by Gasteiger charge is 2.35. The maximum Gasteiger partial charge on any atom is 0.321 e. The number of oxazole rings is 1. The molecule has 5 rings (SSSR count). The van der Waals surface area contributed by atoms with Gasteiger partial charge < -0.3 is 13.9 Å². The Kier molecular flexibility index (Phi) is 8.53. The number of carbonyl (C=O) groups is 1. The van der Waals surface area contributed by atoms with Gasteiger partial charge in [-0.1, -0.05) is 36.4 Å². The van der Waals surface area contributed by atoms with E-state index < -0.39 is 16.2 Å². The number of carbonyl (C=O) groups excluding carboxylic acids is 1. The van der Waals surface area contributed by atoms with Crippen LogP contribution < -0.4 is 9.04 Å². The van der Waals surface area contributed by atoms with Crippen molar-refractivity contribution in [3.05, 3.63) is 88.6 Å². The van der Waals surface area contributed by atoms with E-state index in [9.17, 15) is 13.2 Å². The molecule has 0 bridgehead atoms. The number of benzene rings is 2. The van der Waals surface area contributed by atoms with E-state index in [1.54, 1.807) is 48.6 Å². The first-order chi connectivity index (χ1) is 19.3. The van der Waals surface area contributed by atoms with Gasteiger partial charge in [-0.25, -0.2) is 4.98 Å². The second-order valence-electron chi connectivity index (χ2n) is 9.27. The summed E-state index contributed by atoms with van der Waals surface area (Å²) in [6, 6.07) is 18.5. The highest BCUT2D eigenvalue weighted by Crippen LogP contribution is 2.32. The molecule has 0 N–H and O–H groups in total. The lowest BCUT2D eigenvalue weighted by Crippen LogP contribution is -2.45. The van der Waals surface area contributed by atoms with E-state index in [4.69, 9.17) is 13.9 Å². The van der Waals surface area contributed by atoms with E-state index in [0.29, 0.717) is 43.3 Å². The number of aromatic nitrogens is 1. The van der Waals surface area contributed by atoms with Crippen molar-refractivity contribution in [2.45, 2.75) is 33.2 Å². The lowest BCUT2D eigenvalue weighted by Gasteiger charge is -2.28. The molecule has 210 valence electrons. The van der Waals surface area contributed by atoms with E-state index in [-0.39, 0.29) is 19.7 Å². The highest BCUT2D eigenvalue weighted by atomic mass is 32.2. The van der Waals surface area contributed by atoms with Crippen molar-refractivity contribution in [3.63, 3.8) is 0 Å². The minimum Gasteiger partial charge on any atom is -0.493 e. The largest absolute Gasteiger partial charge is 0.493 e. The summed E-state index contributed by atoms with van der Waals surface area (Å²) in [6.45, 7) is 4.14. The summed E-state index contributed by atoms with van der Waals surface area (Å²) >= 11 is 1.58. The van der Waals surface area contributed by atoms with E-state index in [0.717, 1.165) is 27.5 Å². The normalized spacial score (nSPS) is 13.0. The number of thiophene rings is 1. The second-order valence-corrected chi connectivity index (χ2v) is 12.1. The van der Waals surface area contributed by atoms with Crippen molar-refractivity contribution in [2.75, 3.05) is 30.6 Å². The van der Waals surface area contributed by atoms with Gasteiger partial charge in [0.25, 0.3) is 0 Å². The summed E-state index contributed by atoms with van der Waals surface area (Å²) in [5.41, 5.74) is 3.18. The predicted octanol–water partition coefficient (Wildman–Crippen LogP) is 5.01. The summed E-state index contributed by atoms with van der Waals surface area (Å²) in [4.78, 5) is 17.9. The van der Waals surface area contributed by atoms with Crippen molar-refractivity contribution in [3.8, 4) is 16.5 Å². The monoisotopic (exact) mass is 581 g/mol. The molecule has 9 nitrogen and oxygen atoms in total. The zero-order valence-corrected chi connectivity index (χ0v) is 24.0. The summed E-state index contributed by atoms with van der Waals surface area (Å²) in [5.74, 6) is 1.44. The molecule has 0 fully saturated rings. The van der Waals surface area contributed by atoms with Crippen LogP contribution in [0.25, 0.3) is 10.8 Å². The number of ether oxygens (including phenoxy) is 2. The van der Waals surface area contributed by atoms with Crippen LogP contribution in [0.4, 0.5) is 5.69 Å². The quantitative estimate of drug-likeness (QED) is 0.217. The smallest absolute Gasteiger partial charge is 0.321 e. The lowest BCUT2D eigenvalue weighted by atomic mass is 10.2. The van der Waals surface area contributed by atoms with Crippen molar-refractivity contribution in [2.24, 2.45) is 0 Å². The Labute approximate surface area is 238 Å². The van der Waals surface area contributed by atoms with Crippen LogP contribution in [0.1, 0.15) is 29.5 Å². The molecule has 40 heavy (non-hydrogen) atoms. The lowest BCUT2D eigenvalue weighted by molar-refractivity contribution is -0.143. The van der Waals surface area contributed by atoms with Crippen molar-refractivity contribution in [1.29, 1.82) is 0 Å². The molecule has 11 heteroatoms. The average molecular weight is 582 g/mol. The van der Waals surface area contributed by atoms with Gasteiger partial charge in [0.15, 0.2) is 0 Å². The number of esters is 1. The SMILES string of the molecule is CCOC(=O)CN(Cc1ccc(OCCc2nc(-c3cccs3)oc2C)cc1)S(=O)(=O)N1CCc2ccccc21. The van der Waals surface area contributed by atoms with Gasteiger partial charge in [0.1, 0.15) is 18.1 Å².